The van der Waals surface area contributed by atoms with E-state index in [-0.39, 0.29) is 19.1 Å². The molecule has 1 aromatic heterocycles. The fourth-order valence-corrected chi connectivity index (χ4v) is 4.58. The summed E-state index contributed by atoms with van der Waals surface area (Å²) in [7, 11) is 0. The molecule has 1 N–H and O–H groups in total. The number of esters is 1. The third-order valence-electron chi connectivity index (χ3n) is 5.03. The van der Waals surface area contributed by atoms with Crippen molar-refractivity contribution in [3.05, 3.63) is 83.2 Å². The predicted molar refractivity (Wildman–Crippen MR) is 133 cm³/mol. The van der Waals surface area contributed by atoms with Crippen molar-refractivity contribution in [3.63, 3.8) is 0 Å². The molecule has 7 nitrogen and oxygen atoms in total. The Morgan fingerprint density at radius 1 is 0.971 bits per heavy atom. The van der Waals surface area contributed by atoms with Crippen molar-refractivity contribution in [3.8, 4) is 11.1 Å². The van der Waals surface area contributed by atoms with Crippen LogP contribution in [-0.2, 0) is 20.9 Å². The highest BCUT2D eigenvalue weighted by molar-refractivity contribution is 7.16. The number of anilines is 1. The van der Waals surface area contributed by atoms with Gasteiger partial charge in [0.1, 0.15) is 6.54 Å². The van der Waals surface area contributed by atoms with Gasteiger partial charge in [-0.05, 0) is 48.4 Å². The molecule has 2 amide bonds. The third kappa shape index (κ3) is 5.29. The first-order valence-electron chi connectivity index (χ1n) is 10.8. The Hall–Kier alpha value is -4.04. The van der Waals surface area contributed by atoms with E-state index >= 15 is 0 Å². The second-order valence-corrected chi connectivity index (χ2v) is 8.51. The Kier molecular flexibility index (Phi) is 6.98. The minimum atomic E-state index is -0.422. The Labute approximate surface area is 200 Å². The predicted octanol–water partition coefficient (Wildman–Crippen LogP) is 4.63. The molecule has 172 valence electrons. The van der Waals surface area contributed by atoms with Crippen LogP contribution < -0.4 is 10.1 Å². The molecule has 34 heavy (non-hydrogen) atoms. The molecule has 4 aromatic rings. The maximum atomic E-state index is 13.0. The van der Waals surface area contributed by atoms with E-state index in [9.17, 15) is 14.4 Å². The van der Waals surface area contributed by atoms with Crippen LogP contribution >= 0.6 is 11.3 Å². The van der Waals surface area contributed by atoms with Crippen molar-refractivity contribution in [2.24, 2.45) is 4.99 Å². The van der Waals surface area contributed by atoms with E-state index in [0.717, 1.165) is 21.3 Å². The van der Waals surface area contributed by atoms with Crippen molar-refractivity contribution in [1.82, 2.24) is 4.57 Å². The highest BCUT2D eigenvalue weighted by atomic mass is 32.1. The van der Waals surface area contributed by atoms with Gasteiger partial charge in [0.25, 0.3) is 5.91 Å². The molecule has 3 aromatic carbocycles. The van der Waals surface area contributed by atoms with Crippen molar-refractivity contribution in [2.45, 2.75) is 20.4 Å². The highest BCUT2D eigenvalue weighted by Gasteiger charge is 2.14. The van der Waals surface area contributed by atoms with Crippen LogP contribution in [0.2, 0.25) is 0 Å². The number of rotatable bonds is 6. The maximum Gasteiger partial charge on any atom is 0.326 e. The minimum Gasteiger partial charge on any atom is -0.465 e. The summed E-state index contributed by atoms with van der Waals surface area (Å²) >= 11 is 1.26. The lowest BCUT2D eigenvalue weighted by Crippen LogP contribution is -2.23. The van der Waals surface area contributed by atoms with Crippen molar-refractivity contribution in [2.75, 3.05) is 11.9 Å². The number of nitrogens with zero attached hydrogens (tertiary/aromatic N) is 2. The molecule has 0 aliphatic heterocycles. The standard InChI is InChI=1S/C26H23N3O4S/c1-3-33-24(31)16-29-22-14-13-21(27-17(2)30)15-23(22)34-26(29)28-25(32)20-11-9-19(10-12-20)18-7-5-4-6-8-18/h4-15H,3,16H2,1-2H3,(H,27,30). The first-order valence-corrected chi connectivity index (χ1v) is 11.6. The van der Waals surface area contributed by atoms with E-state index in [1.54, 1.807) is 41.8 Å². The van der Waals surface area contributed by atoms with Crippen LogP contribution in [0.4, 0.5) is 5.69 Å². The lowest BCUT2D eigenvalue weighted by Gasteiger charge is -2.06. The molecule has 0 saturated heterocycles. The van der Waals surface area contributed by atoms with Gasteiger partial charge in [0.05, 0.1) is 16.8 Å². The quantitative estimate of drug-likeness (QED) is 0.414. The van der Waals surface area contributed by atoms with E-state index < -0.39 is 11.9 Å². The Balaban J connectivity index is 1.71. The van der Waals surface area contributed by atoms with Crippen molar-refractivity contribution >= 4 is 45.0 Å². The Morgan fingerprint density at radius 2 is 1.68 bits per heavy atom. The number of aromatic nitrogens is 1. The van der Waals surface area contributed by atoms with Gasteiger partial charge in [-0.15, -0.1) is 0 Å². The molecule has 0 unspecified atom stereocenters. The van der Waals surface area contributed by atoms with Crippen molar-refractivity contribution in [1.29, 1.82) is 0 Å². The van der Waals surface area contributed by atoms with Gasteiger partial charge in [-0.3, -0.25) is 14.4 Å². The minimum absolute atomic E-state index is 0.0770. The van der Waals surface area contributed by atoms with Gasteiger partial charge < -0.3 is 14.6 Å². The summed E-state index contributed by atoms with van der Waals surface area (Å²) in [6, 6.07) is 22.5. The molecular formula is C26H23N3O4S. The number of amides is 2. The second-order valence-electron chi connectivity index (χ2n) is 7.50. The molecule has 8 heteroatoms. The first-order chi connectivity index (χ1) is 16.4. The average molecular weight is 474 g/mol. The van der Waals surface area contributed by atoms with Crippen molar-refractivity contribution < 1.29 is 19.1 Å². The zero-order valence-electron chi connectivity index (χ0n) is 18.8. The molecule has 0 saturated carbocycles. The van der Waals surface area contributed by atoms with Crippen LogP contribution in [0.15, 0.2) is 77.8 Å². The average Bonchev–Trinajstić information content (AvgIpc) is 3.15. The fourth-order valence-electron chi connectivity index (χ4n) is 3.52. The lowest BCUT2D eigenvalue weighted by atomic mass is 10.0. The molecular weight excluding hydrogens is 450 g/mol. The monoisotopic (exact) mass is 473 g/mol. The van der Waals surface area contributed by atoms with E-state index in [0.29, 0.717) is 16.1 Å². The molecule has 0 atom stereocenters. The first kappa shape index (κ1) is 23.1. The van der Waals surface area contributed by atoms with Crippen LogP contribution in [0.3, 0.4) is 0 Å². The summed E-state index contributed by atoms with van der Waals surface area (Å²) in [5, 5.41) is 2.74. The van der Waals surface area contributed by atoms with Crippen LogP contribution in [0, 0.1) is 0 Å². The number of nitrogens with one attached hydrogen (secondary N) is 1. The SMILES string of the molecule is CCOC(=O)Cn1c(=NC(=O)c2ccc(-c3ccccc3)cc2)sc2cc(NC(C)=O)ccc21. The summed E-state index contributed by atoms with van der Waals surface area (Å²) in [6.07, 6.45) is 0. The normalized spacial score (nSPS) is 11.4. The van der Waals surface area contributed by atoms with E-state index in [1.165, 1.54) is 18.3 Å². The van der Waals surface area contributed by atoms with E-state index in [4.69, 9.17) is 4.74 Å². The van der Waals surface area contributed by atoms with Crippen LogP contribution in [-0.4, -0.2) is 29.0 Å². The van der Waals surface area contributed by atoms with Crippen LogP contribution in [0.25, 0.3) is 21.3 Å². The molecule has 0 fully saturated rings. The van der Waals surface area contributed by atoms with Gasteiger partial charge in [-0.25, -0.2) is 0 Å². The fraction of sp³-hybridized carbons (Fsp3) is 0.154. The number of carbonyl (C=O) groups excluding carboxylic acids is 3. The summed E-state index contributed by atoms with van der Waals surface area (Å²) in [5.74, 6) is -1.02. The smallest absolute Gasteiger partial charge is 0.326 e. The topological polar surface area (TPSA) is 89.8 Å². The number of fused-ring (bicyclic) bond motifs is 1. The number of hydrogen-bond acceptors (Lipinski definition) is 5. The molecule has 1 heterocycles. The van der Waals surface area contributed by atoms with Gasteiger partial charge in [0.2, 0.25) is 5.91 Å². The molecule has 4 rings (SSSR count). The van der Waals surface area contributed by atoms with Gasteiger partial charge in [-0.1, -0.05) is 53.8 Å². The summed E-state index contributed by atoms with van der Waals surface area (Å²) in [6.45, 7) is 3.35. The molecule has 0 spiro atoms. The molecule has 0 aliphatic rings. The van der Waals surface area contributed by atoms with E-state index in [1.807, 2.05) is 42.5 Å². The number of benzene rings is 3. The Morgan fingerprint density at radius 3 is 2.35 bits per heavy atom. The largest absolute Gasteiger partial charge is 0.465 e. The van der Waals surface area contributed by atoms with Gasteiger partial charge in [0, 0.05) is 18.2 Å². The van der Waals surface area contributed by atoms with Gasteiger partial charge in [0.15, 0.2) is 4.80 Å². The molecule has 0 radical (unpaired) electrons. The van der Waals surface area contributed by atoms with Gasteiger partial charge >= 0.3 is 5.97 Å². The molecule has 0 aliphatic carbocycles. The number of ether oxygens (including phenoxy) is 1. The summed E-state index contributed by atoms with van der Waals surface area (Å²) in [4.78, 5) is 41.3. The molecule has 0 bridgehead atoms. The highest BCUT2D eigenvalue weighted by Crippen LogP contribution is 2.23. The van der Waals surface area contributed by atoms with Crippen LogP contribution in [0.1, 0.15) is 24.2 Å². The van der Waals surface area contributed by atoms with E-state index in [2.05, 4.69) is 10.3 Å². The summed E-state index contributed by atoms with van der Waals surface area (Å²) < 4.78 is 7.54. The zero-order chi connectivity index (χ0) is 24.1. The summed E-state index contributed by atoms with van der Waals surface area (Å²) in [5.41, 5.74) is 3.85. The number of thiazole rings is 1. The van der Waals surface area contributed by atoms with Crippen LogP contribution in [0.5, 0.6) is 0 Å². The lowest BCUT2D eigenvalue weighted by molar-refractivity contribution is -0.143. The zero-order valence-corrected chi connectivity index (χ0v) is 19.6. The maximum absolute atomic E-state index is 13.0. The number of carbonyl (C=O) groups is 3. The number of hydrogen-bond donors (Lipinski definition) is 1. The Bertz CT molecular complexity index is 1420. The second kappa shape index (κ2) is 10.3. The van der Waals surface area contributed by atoms with Gasteiger partial charge in [-0.2, -0.15) is 4.99 Å². The third-order valence-corrected chi connectivity index (χ3v) is 6.07.